The van der Waals surface area contributed by atoms with Crippen molar-refractivity contribution in [1.29, 1.82) is 0 Å². The molecule has 0 spiro atoms. The van der Waals surface area contributed by atoms with Gasteiger partial charge in [-0.1, -0.05) is 82.7 Å². The monoisotopic (exact) mass is 368 g/mol. The minimum Gasteiger partial charge on any atom is -0.452 e. The maximum absolute atomic E-state index is 12.3. The van der Waals surface area contributed by atoms with E-state index >= 15 is 0 Å². The lowest BCUT2D eigenvalue weighted by Crippen LogP contribution is -2.14. The number of unbranched alkanes of at least 4 members (excludes halogenated alkanes) is 6. The maximum Gasteiger partial charge on any atom is 0.376 e. The summed E-state index contributed by atoms with van der Waals surface area (Å²) in [6, 6.07) is 9.77. The standard InChI is InChI=1S/C23H32N2O2/c1-3-5-6-7-8-9-11-14-19-17-24-22(25-18-19)23(26)27-21(4-2)20-15-12-10-13-16-20/h10,12-13,15-18,21H,3-9,11,14H2,1-2H3. The lowest BCUT2D eigenvalue weighted by Gasteiger charge is -2.15. The van der Waals surface area contributed by atoms with Gasteiger partial charge in [0.1, 0.15) is 6.10 Å². The SMILES string of the molecule is CCCCCCCCCc1cnc(C(=O)OC(CC)c2ccccc2)nc1. The van der Waals surface area contributed by atoms with Crippen molar-refractivity contribution in [1.82, 2.24) is 9.97 Å². The molecule has 1 aromatic carbocycles. The van der Waals surface area contributed by atoms with Crippen molar-refractivity contribution in [3.8, 4) is 0 Å². The number of hydrogen-bond donors (Lipinski definition) is 0. The molecule has 0 radical (unpaired) electrons. The van der Waals surface area contributed by atoms with Crippen molar-refractivity contribution < 1.29 is 9.53 Å². The van der Waals surface area contributed by atoms with Gasteiger partial charge in [-0.2, -0.15) is 0 Å². The molecular weight excluding hydrogens is 336 g/mol. The van der Waals surface area contributed by atoms with Crippen molar-refractivity contribution in [2.75, 3.05) is 0 Å². The van der Waals surface area contributed by atoms with Crippen LogP contribution in [0.15, 0.2) is 42.7 Å². The van der Waals surface area contributed by atoms with Gasteiger partial charge in [-0.05, 0) is 30.4 Å². The molecule has 146 valence electrons. The molecule has 0 fully saturated rings. The van der Waals surface area contributed by atoms with Crippen LogP contribution in [0.5, 0.6) is 0 Å². The second-order valence-corrected chi connectivity index (χ2v) is 7.00. The summed E-state index contributed by atoms with van der Waals surface area (Å²) >= 11 is 0. The normalized spacial score (nSPS) is 11.9. The fourth-order valence-electron chi connectivity index (χ4n) is 3.11. The highest BCUT2D eigenvalue weighted by Gasteiger charge is 2.18. The van der Waals surface area contributed by atoms with Crippen molar-refractivity contribution in [3.63, 3.8) is 0 Å². The van der Waals surface area contributed by atoms with E-state index in [0.29, 0.717) is 6.42 Å². The van der Waals surface area contributed by atoms with Gasteiger partial charge in [0.05, 0.1) is 0 Å². The quantitative estimate of drug-likeness (QED) is 0.336. The first-order chi connectivity index (χ1) is 13.2. The Balaban J connectivity index is 1.77. The van der Waals surface area contributed by atoms with E-state index in [1.807, 2.05) is 37.3 Å². The van der Waals surface area contributed by atoms with E-state index in [0.717, 1.165) is 24.0 Å². The predicted molar refractivity (Wildman–Crippen MR) is 109 cm³/mol. The molecule has 0 aliphatic rings. The molecule has 0 aliphatic carbocycles. The van der Waals surface area contributed by atoms with Crippen LogP contribution in [-0.4, -0.2) is 15.9 Å². The van der Waals surface area contributed by atoms with Gasteiger partial charge < -0.3 is 4.74 Å². The van der Waals surface area contributed by atoms with Crippen molar-refractivity contribution >= 4 is 5.97 Å². The van der Waals surface area contributed by atoms with Gasteiger partial charge in [0.2, 0.25) is 5.82 Å². The van der Waals surface area contributed by atoms with Gasteiger partial charge in [0.15, 0.2) is 0 Å². The number of rotatable bonds is 12. The Labute approximate surface area is 163 Å². The zero-order chi connectivity index (χ0) is 19.3. The van der Waals surface area contributed by atoms with E-state index in [1.54, 1.807) is 12.4 Å². The largest absolute Gasteiger partial charge is 0.452 e. The molecule has 0 bridgehead atoms. The third kappa shape index (κ3) is 7.49. The summed E-state index contributed by atoms with van der Waals surface area (Å²) < 4.78 is 5.59. The number of carbonyl (C=O) groups is 1. The van der Waals surface area contributed by atoms with Gasteiger partial charge in [-0.3, -0.25) is 0 Å². The van der Waals surface area contributed by atoms with Crippen LogP contribution in [0.2, 0.25) is 0 Å². The van der Waals surface area contributed by atoms with Crippen LogP contribution in [-0.2, 0) is 11.2 Å². The third-order valence-corrected chi connectivity index (χ3v) is 4.75. The summed E-state index contributed by atoms with van der Waals surface area (Å²) in [5, 5.41) is 0. The molecule has 0 amide bonds. The molecular formula is C23H32N2O2. The first-order valence-corrected chi connectivity index (χ1v) is 10.3. The van der Waals surface area contributed by atoms with E-state index in [-0.39, 0.29) is 11.9 Å². The molecule has 0 saturated carbocycles. The first-order valence-electron chi connectivity index (χ1n) is 10.3. The van der Waals surface area contributed by atoms with E-state index < -0.39 is 5.97 Å². The van der Waals surface area contributed by atoms with E-state index in [1.165, 1.54) is 38.5 Å². The lowest BCUT2D eigenvalue weighted by atomic mass is 10.1. The van der Waals surface area contributed by atoms with E-state index in [9.17, 15) is 4.79 Å². The van der Waals surface area contributed by atoms with Crippen LogP contribution in [0.1, 0.15) is 93.1 Å². The number of benzene rings is 1. The molecule has 0 saturated heterocycles. The lowest BCUT2D eigenvalue weighted by molar-refractivity contribution is 0.0273. The molecule has 1 atom stereocenters. The Bertz CT molecular complexity index is 656. The summed E-state index contributed by atoms with van der Waals surface area (Å²) in [4.78, 5) is 20.8. The minimum absolute atomic E-state index is 0.132. The Morgan fingerprint density at radius 2 is 1.56 bits per heavy atom. The molecule has 2 aromatic rings. The van der Waals surface area contributed by atoms with Crippen molar-refractivity contribution in [3.05, 3.63) is 59.7 Å². The Morgan fingerprint density at radius 3 is 2.19 bits per heavy atom. The Morgan fingerprint density at radius 1 is 0.926 bits per heavy atom. The second-order valence-electron chi connectivity index (χ2n) is 7.00. The third-order valence-electron chi connectivity index (χ3n) is 4.75. The van der Waals surface area contributed by atoms with Crippen LogP contribution >= 0.6 is 0 Å². The maximum atomic E-state index is 12.3. The molecule has 27 heavy (non-hydrogen) atoms. The summed E-state index contributed by atoms with van der Waals surface area (Å²) in [7, 11) is 0. The number of nitrogens with zero attached hydrogens (tertiary/aromatic N) is 2. The van der Waals surface area contributed by atoms with Crippen LogP contribution in [0.4, 0.5) is 0 Å². The highest BCUT2D eigenvalue weighted by Crippen LogP contribution is 2.21. The zero-order valence-corrected chi connectivity index (χ0v) is 16.7. The van der Waals surface area contributed by atoms with E-state index in [4.69, 9.17) is 4.74 Å². The average molecular weight is 369 g/mol. The zero-order valence-electron chi connectivity index (χ0n) is 16.7. The summed E-state index contributed by atoms with van der Waals surface area (Å²) in [6.07, 6.45) is 13.9. The van der Waals surface area contributed by atoms with Crippen LogP contribution in [0, 0.1) is 0 Å². The van der Waals surface area contributed by atoms with Gasteiger partial charge in [-0.25, -0.2) is 14.8 Å². The molecule has 4 nitrogen and oxygen atoms in total. The Kier molecular flexibility index (Phi) is 9.53. The van der Waals surface area contributed by atoms with Crippen LogP contribution in [0.3, 0.4) is 0 Å². The number of aromatic nitrogens is 2. The summed E-state index contributed by atoms with van der Waals surface area (Å²) in [6.45, 7) is 4.24. The predicted octanol–water partition coefficient (Wildman–Crippen LogP) is 6.08. The number of aryl methyl sites for hydroxylation is 1. The molecule has 1 heterocycles. The van der Waals surface area contributed by atoms with Crippen molar-refractivity contribution in [2.45, 2.75) is 77.7 Å². The number of ether oxygens (including phenoxy) is 1. The second kappa shape index (κ2) is 12.2. The fourth-order valence-corrected chi connectivity index (χ4v) is 3.11. The van der Waals surface area contributed by atoms with Gasteiger partial charge in [-0.15, -0.1) is 0 Å². The molecule has 1 aromatic heterocycles. The van der Waals surface area contributed by atoms with Crippen LogP contribution < -0.4 is 0 Å². The molecule has 0 N–H and O–H groups in total. The highest BCUT2D eigenvalue weighted by atomic mass is 16.5. The highest BCUT2D eigenvalue weighted by molar-refractivity contribution is 5.85. The van der Waals surface area contributed by atoms with E-state index in [2.05, 4.69) is 16.9 Å². The smallest absolute Gasteiger partial charge is 0.376 e. The molecule has 2 rings (SSSR count). The van der Waals surface area contributed by atoms with Crippen LogP contribution in [0.25, 0.3) is 0 Å². The Hall–Kier alpha value is -2.23. The fraction of sp³-hybridized carbons (Fsp3) is 0.522. The van der Waals surface area contributed by atoms with Gasteiger partial charge >= 0.3 is 5.97 Å². The average Bonchev–Trinajstić information content (AvgIpc) is 2.72. The summed E-state index contributed by atoms with van der Waals surface area (Å²) in [5.74, 6) is -0.333. The minimum atomic E-state index is -0.465. The topological polar surface area (TPSA) is 52.1 Å². The first kappa shape index (κ1) is 21.1. The number of hydrogen-bond acceptors (Lipinski definition) is 4. The molecule has 4 heteroatoms. The number of esters is 1. The molecule has 1 unspecified atom stereocenters. The van der Waals surface area contributed by atoms with Gasteiger partial charge in [0.25, 0.3) is 0 Å². The van der Waals surface area contributed by atoms with Gasteiger partial charge in [0, 0.05) is 12.4 Å². The number of carbonyl (C=O) groups excluding carboxylic acids is 1. The summed E-state index contributed by atoms with van der Waals surface area (Å²) in [5.41, 5.74) is 2.07. The van der Waals surface area contributed by atoms with Crippen molar-refractivity contribution in [2.24, 2.45) is 0 Å². The molecule has 0 aliphatic heterocycles.